The zero-order valence-corrected chi connectivity index (χ0v) is 22.2. The van der Waals surface area contributed by atoms with Crippen molar-refractivity contribution in [2.45, 2.75) is 49.1 Å². The maximum Gasteiger partial charge on any atom is 0.254 e. The summed E-state index contributed by atoms with van der Waals surface area (Å²) in [5.41, 5.74) is 1.64. The molecule has 5 rings (SSSR count). The van der Waals surface area contributed by atoms with Gasteiger partial charge in [-0.1, -0.05) is 0 Å². The van der Waals surface area contributed by atoms with Gasteiger partial charge in [-0.05, 0) is 69.6 Å². The third-order valence-electron chi connectivity index (χ3n) is 7.39. The Bertz CT molecular complexity index is 1180. The van der Waals surface area contributed by atoms with Crippen LogP contribution in [0.1, 0.15) is 40.5 Å². The molecule has 4 atom stereocenters. The molecular formula is C26H33N5O2S2. The van der Waals surface area contributed by atoms with Gasteiger partial charge in [-0.25, -0.2) is 15.0 Å². The van der Waals surface area contributed by atoms with Crippen LogP contribution >= 0.6 is 23.1 Å². The lowest BCUT2D eigenvalue weighted by molar-refractivity contribution is 0.0764. The molecule has 1 aliphatic heterocycles. The molecule has 186 valence electrons. The summed E-state index contributed by atoms with van der Waals surface area (Å²) >= 11 is 3.38. The van der Waals surface area contributed by atoms with Crippen LogP contribution in [0.3, 0.4) is 0 Å². The van der Waals surface area contributed by atoms with Crippen molar-refractivity contribution in [3.8, 4) is 0 Å². The Balaban J connectivity index is 1.20. The minimum absolute atomic E-state index is 0.0170. The average Bonchev–Trinajstić information content (AvgIpc) is 3.57. The SMILES string of the molecule is CSc1cnc(C[C@H]2CC[C@H](Cc3nc4ccc(C(=O)N5C[C@@H](N(C)C)[C@@H](O)C5)cc4s3)C2)nc1. The number of likely N-dealkylation sites (N-methyl/N-ethyl adjacent to an activating group) is 1. The molecule has 0 spiro atoms. The highest BCUT2D eigenvalue weighted by molar-refractivity contribution is 7.98. The molecule has 0 bridgehead atoms. The highest BCUT2D eigenvalue weighted by Gasteiger charge is 2.35. The van der Waals surface area contributed by atoms with Crippen molar-refractivity contribution >= 4 is 39.2 Å². The molecule has 3 heterocycles. The first kappa shape index (κ1) is 24.6. The first-order chi connectivity index (χ1) is 16.9. The summed E-state index contributed by atoms with van der Waals surface area (Å²) in [6.45, 7) is 0.928. The summed E-state index contributed by atoms with van der Waals surface area (Å²) in [4.78, 5) is 31.9. The van der Waals surface area contributed by atoms with E-state index in [1.807, 2.05) is 55.8 Å². The van der Waals surface area contributed by atoms with Crippen LogP contribution in [0.4, 0.5) is 0 Å². The van der Waals surface area contributed by atoms with Gasteiger partial charge in [0.15, 0.2) is 0 Å². The topological polar surface area (TPSA) is 82.5 Å². The van der Waals surface area contributed by atoms with E-state index in [1.54, 1.807) is 28.0 Å². The lowest BCUT2D eigenvalue weighted by atomic mass is 9.99. The summed E-state index contributed by atoms with van der Waals surface area (Å²) in [7, 11) is 3.88. The average molecular weight is 512 g/mol. The number of carbonyl (C=O) groups excluding carboxylic acids is 1. The molecule has 9 heteroatoms. The molecule has 2 aromatic heterocycles. The van der Waals surface area contributed by atoms with Gasteiger partial charge in [-0.2, -0.15) is 0 Å². The van der Waals surface area contributed by atoms with E-state index < -0.39 is 6.10 Å². The van der Waals surface area contributed by atoms with Gasteiger partial charge in [0, 0.05) is 48.8 Å². The van der Waals surface area contributed by atoms with E-state index in [2.05, 4.69) is 9.97 Å². The van der Waals surface area contributed by atoms with E-state index in [-0.39, 0.29) is 11.9 Å². The third kappa shape index (κ3) is 5.53. The Kier molecular flexibility index (Phi) is 7.39. The third-order valence-corrected chi connectivity index (χ3v) is 9.11. The molecule has 1 amide bonds. The minimum atomic E-state index is -0.510. The molecule has 35 heavy (non-hydrogen) atoms. The summed E-state index contributed by atoms with van der Waals surface area (Å²) in [5, 5.41) is 11.5. The van der Waals surface area contributed by atoms with Crippen LogP contribution in [-0.2, 0) is 12.8 Å². The Morgan fingerprint density at radius 1 is 1.17 bits per heavy atom. The van der Waals surface area contributed by atoms with E-state index in [0.717, 1.165) is 38.8 Å². The quantitative estimate of drug-likeness (QED) is 0.484. The second-order valence-electron chi connectivity index (χ2n) is 10.1. The first-order valence-corrected chi connectivity index (χ1v) is 14.3. The number of aromatic nitrogens is 3. The molecule has 1 saturated carbocycles. The highest BCUT2D eigenvalue weighted by Crippen LogP contribution is 2.36. The smallest absolute Gasteiger partial charge is 0.254 e. The van der Waals surface area contributed by atoms with Crippen molar-refractivity contribution in [3.63, 3.8) is 0 Å². The molecule has 7 nitrogen and oxygen atoms in total. The Hall–Kier alpha value is -2.07. The van der Waals surface area contributed by atoms with Crippen molar-refractivity contribution in [2.24, 2.45) is 11.8 Å². The number of likely N-dealkylation sites (tertiary alicyclic amines) is 1. The molecule has 3 aromatic rings. The Morgan fingerprint density at radius 3 is 2.60 bits per heavy atom. The predicted octanol–water partition coefficient (Wildman–Crippen LogP) is 3.76. The van der Waals surface area contributed by atoms with Gasteiger partial charge >= 0.3 is 0 Å². The zero-order chi connectivity index (χ0) is 24.5. The number of benzene rings is 1. The van der Waals surface area contributed by atoms with E-state index in [1.165, 1.54) is 19.3 Å². The van der Waals surface area contributed by atoms with Crippen molar-refractivity contribution in [1.82, 2.24) is 24.8 Å². The molecule has 1 aromatic carbocycles. The standard InChI is InChI=1S/C26H33N5O2S2/c1-30(2)21-14-31(15-22(21)32)26(33)18-6-7-20-23(11-18)35-25(29-20)10-17-5-4-16(8-17)9-24-27-12-19(34-3)13-28-24/h6-7,11-13,16-17,21-22,32H,4-5,8-10,14-15H2,1-3H3/t16-,17-,21+,22-/m0/s1. The molecule has 1 saturated heterocycles. The second-order valence-corrected chi connectivity index (χ2v) is 12.1. The number of hydrogen-bond donors (Lipinski definition) is 1. The zero-order valence-electron chi connectivity index (χ0n) is 20.6. The fourth-order valence-corrected chi connectivity index (χ4v) is 6.86. The van der Waals surface area contributed by atoms with Crippen molar-refractivity contribution in [3.05, 3.63) is 47.0 Å². The van der Waals surface area contributed by atoms with Gasteiger partial charge in [0.05, 0.1) is 27.4 Å². The predicted molar refractivity (Wildman–Crippen MR) is 141 cm³/mol. The number of nitrogens with zero attached hydrogens (tertiary/aromatic N) is 5. The number of β-amino-alcohol motifs (C(OH)–C–C–N with tert-alkyl or cyclic N) is 1. The van der Waals surface area contributed by atoms with Gasteiger partial charge in [0.1, 0.15) is 5.82 Å². The van der Waals surface area contributed by atoms with E-state index >= 15 is 0 Å². The number of rotatable bonds is 7. The van der Waals surface area contributed by atoms with Gasteiger partial charge in [0.25, 0.3) is 5.91 Å². The second kappa shape index (κ2) is 10.5. The van der Waals surface area contributed by atoms with Crippen molar-refractivity contribution < 1.29 is 9.90 Å². The van der Waals surface area contributed by atoms with Crippen LogP contribution in [0.2, 0.25) is 0 Å². The van der Waals surface area contributed by atoms with Crippen molar-refractivity contribution in [2.75, 3.05) is 33.4 Å². The number of hydrogen-bond acceptors (Lipinski definition) is 8. The van der Waals surface area contributed by atoms with Crippen LogP contribution in [0.5, 0.6) is 0 Å². The van der Waals surface area contributed by atoms with Crippen LogP contribution in [0.15, 0.2) is 35.5 Å². The molecule has 1 N–H and O–H groups in total. The Labute approximate surface area is 215 Å². The number of thioether (sulfide) groups is 1. The monoisotopic (exact) mass is 511 g/mol. The number of amides is 1. The van der Waals surface area contributed by atoms with E-state index in [4.69, 9.17) is 4.98 Å². The van der Waals surface area contributed by atoms with Gasteiger partial charge in [0.2, 0.25) is 0 Å². The largest absolute Gasteiger partial charge is 0.390 e. The maximum atomic E-state index is 13.1. The lowest BCUT2D eigenvalue weighted by Gasteiger charge is -2.21. The van der Waals surface area contributed by atoms with E-state index in [9.17, 15) is 9.90 Å². The summed E-state index contributed by atoms with van der Waals surface area (Å²) in [6.07, 6.45) is 11.0. The van der Waals surface area contributed by atoms with Gasteiger partial charge in [-0.15, -0.1) is 23.1 Å². The van der Waals surface area contributed by atoms with Crippen LogP contribution in [0, 0.1) is 11.8 Å². The summed E-state index contributed by atoms with van der Waals surface area (Å²) in [6, 6.07) is 5.79. The molecular weight excluding hydrogens is 478 g/mol. The lowest BCUT2D eigenvalue weighted by Crippen LogP contribution is -2.38. The van der Waals surface area contributed by atoms with Gasteiger partial charge < -0.3 is 14.9 Å². The minimum Gasteiger partial charge on any atom is -0.390 e. The fourth-order valence-electron chi connectivity index (χ4n) is 5.43. The number of fused-ring (bicyclic) bond motifs is 1. The van der Waals surface area contributed by atoms with Crippen LogP contribution in [0.25, 0.3) is 10.2 Å². The number of aliphatic hydroxyl groups excluding tert-OH is 1. The fraction of sp³-hybridized carbons (Fsp3) is 0.538. The Morgan fingerprint density at radius 2 is 1.91 bits per heavy atom. The van der Waals surface area contributed by atoms with E-state index in [0.29, 0.717) is 30.5 Å². The maximum absolute atomic E-state index is 13.1. The molecule has 0 unspecified atom stereocenters. The first-order valence-electron chi connectivity index (χ1n) is 12.3. The van der Waals surface area contributed by atoms with Gasteiger partial charge in [-0.3, -0.25) is 4.79 Å². The molecule has 0 radical (unpaired) electrons. The summed E-state index contributed by atoms with van der Waals surface area (Å²) in [5.74, 6) is 2.21. The number of carbonyl (C=O) groups is 1. The number of aliphatic hydroxyl groups is 1. The molecule has 2 fully saturated rings. The van der Waals surface area contributed by atoms with Crippen LogP contribution in [-0.4, -0.2) is 81.4 Å². The van der Waals surface area contributed by atoms with Crippen molar-refractivity contribution in [1.29, 1.82) is 0 Å². The molecule has 2 aliphatic rings. The summed E-state index contributed by atoms with van der Waals surface area (Å²) < 4.78 is 1.06. The van der Waals surface area contributed by atoms with Crippen LogP contribution < -0.4 is 0 Å². The normalized spacial score (nSPS) is 24.7. The molecule has 1 aliphatic carbocycles. The number of thiazole rings is 1. The highest BCUT2D eigenvalue weighted by atomic mass is 32.2.